The number of aryl methyl sites for hydroxylation is 2. The lowest BCUT2D eigenvalue weighted by atomic mass is 10.1. The number of hydrogen-bond donors (Lipinski definition) is 0. The van der Waals surface area contributed by atoms with E-state index in [-0.39, 0.29) is 11.3 Å². The fourth-order valence-corrected chi connectivity index (χ4v) is 2.83. The number of rotatable bonds is 3. The SMILES string of the molecule is CC(=O)c1c(F)cccc1Sc1nc(C)cc(C)n1. The van der Waals surface area contributed by atoms with Gasteiger partial charge in [-0.1, -0.05) is 6.07 Å². The molecule has 2 aromatic rings. The first kappa shape index (κ1) is 13.7. The van der Waals surface area contributed by atoms with E-state index in [2.05, 4.69) is 9.97 Å². The van der Waals surface area contributed by atoms with Crippen LogP contribution in [0.15, 0.2) is 34.3 Å². The summed E-state index contributed by atoms with van der Waals surface area (Å²) in [7, 11) is 0. The van der Waals surface area contributed by atoms with Crippen LogP contribution in [-0.4, -0.2) is 15.8 Å². The summed E-state index contributed by atoms with van der Waals surface area (Å²) in [6.07, 6.45) is 0. The summed E-state index contributed by atoms with van der Waals surface area (Å²) >= 11 is 1.20. The van der Waals surface area contributed by atoms with Crippen molar-refractivity contribution in [2.45, 2.75) is 30.8 Å². The monoisotopic (exact) mass is 276 g/mol. The molecule has 2 rings (SSSR count). The van der Waals surface area contributed by atoms with Crippen LogP contribution in [0.25, 0.3) is 0 Å². The minimum atomic E-state index is -0.512. The van der Waals surface area contributed by atoms with Crippen molar-refractivity contribution in [1.82, 2.24) is 9.97 Å². The minimum Gasteiger partial charge on any atom is -0.294 e. The number of carbonyl (C=O) groups excluding carboxylic acids is 1. The lowest BCUT2D eigenvalue weighted by molar-refractivity contribution is 0.101. The van der Waals surface area contributed by atoms with E-state index in [1.165, 1.54) is 24.8 Å². The predicted octanol–water partition coefficient (Wildman–Crippen LogP) is 3.59. The van der Waals surface area contributed by atoms with Crippen molar-refractivity contribution < 1.29 is 9.18 Å². The lowest BCUT2D eigenvalue weighted by Crippen LogP contribution is -2.00. The standard InChI is InChI=1S/C14H13FN2OS/c1-8-7-9(2)17-14(16-8)19-12-6-4-5-11(15)13(12)10(3)18/h4-7H,1-3H3. The maximum Gasteiger partial charge on any atom is 0.192 e. The fourth-order valence-electron chi connectivity index (χ4n) is 1.77. The topological polar surface area (TPSA) is 42.9 Å². The number of Topliss-reactive ketones (excluding diaryl/α,β-unsaturated/α-hetero) is 1. The van der Waals surface area contributed by atoms with Crippen molar-refractivity contribution in [3.05, 3.63) is 47.0 Å². The Kier molecular flexibility index (Phi) is 3.95. The molecule has 0 atom stereocenters. The molecule has 98 valence electrons. The van der Waals surface area contributed by atoms with E-state index < -0.39 is 5.82 Å². The Bertz CT molecular complexity index is 623. The summed E-state index contributed by atoms with van der Waals surface area (Å²) in [6, 6.07) is 6.42. The van der Waals surface area contributed by atoms with Gasteiger partial charge in [0, 0.05) is 16.3 Å². The van der Waals surface area contributed by atoms with Crippen LogP contribution in [0, 0.1) is 19.7 Å². The summed E-state index contributed by atoms with van der Waals surface area (Å²) in [4.78, 5) is 20.6. The second-order valence-corrected chi connectivity index (χ2v) is 5.21. The highest BCUT2D eigenvalue weighted by Crippen LogP contribution is 2.30. The van der Waals surface area contributed by atoms with Gasteiger partial charge in [-0.05, 0) is 50.7 Å². The lowest BCUT2D eigenvalue weighted by Gasteiger charge is -2.07. The van der Waals surface area contributed by atoms with Crippen molar-refractivity contribution in [3.63, 3.8) is 0 Å². The van der Waals surface area contributed by atoms with Crippen LogP contribution in [0.1, 0.15) is 28.7 Å². The Hall–Kier alpha value is -1.75. The molecule has 5 heteroatoms. The molecule has 1 aromatic heterocycles. The zero-order valence-electron chi connectivity index (χ0n) is 10.9. The summed E-state index contributed by atoms with van der Waals surface area (Å²) in [6.45, 7) is 5.09. The van der Waals surface area contributed by atoms with Gasteiger partial charge in [0.05, 0.1) is 5.56 Å². The number of ketones is 1. The molecule has 0 saturated carbocycles. The van der Waals surface area contributed by atoms with Gasteiger partial charge in [-0.15, -0.1) is 0 Å². The Labute approximate surface area is 115 Å². The van der Waals surface area contributed by atoms with Crippen LogP contribution >= 0.6 is 11.8 Å². The van der Waals surface area contributed by atoms with Crippen molar-refractivity contribution >= 4 is 17.5 Å². The first-order chi connectivity index (χ1) is 8.97. The quantitative estimate of drug-likeness (QED) is 0.634. The number of nitrogens with zero attached hydrogens (tertiary/aromatic N) is 2. The van der Waals surface area contributed by atoms with Crippen molar-refractivity contribution in [2.75, 3.05) is 0 Å². The predicted molar refractivity (Wildman–Crippen MR) is 72.0 cm³/mol. The highest BCUT2D eigenvalue weighted by atomic mass is 32.2. The van der Waals surface area contributed by atoms with E-state index >= 15 is 0 Å². The fraction of sp³-hybridized carbons (Fsp3) is 0.214. The molecule has 0 bridgehead atoms. The second kappa shape index (κ2) is 5.48. The number of benzene rings is 1. The molecule has 0 saturated heterocycles. The third kappa shape index (κ3) is 3.17. The van der Waals surface area contributed by atoms with E-state index in [0.717, 1.165) is 11.4 Å². The molecule has 3 nitrogen and oxygen atoms in total. The highest BCUT2D eigenvalue weighted by Gasteiger charge is 2.15. The van der Waals surface area contributed by atoms with Gasteiger partial charge in [0.2, 0.25) is 0 Å². The van der Waals surface area contributed by atoms with Crippen LogP contribution in [0.2, 0.25) is 0 Å². The third-order valence-electron chi connectivity index (χ3n) is 2.49. The number of halogens is 1. The summed E-state index contributed by atoms with van der Waals surface area (Å²) in [5.74, 6) is -0.813. The van der Waals surface area contributed by atoms with Crippen molar-refractivity contribution in [3.8, 4) is 0 Å². The molecule has 0 unspecified atom stereocenters. The third-order valence-corrected chi connectivity index (χ3v) is 3.42. The first-order valence-electron chi connectivity index (χ1n) is 5.77. The van der Waals surface area contributed by atoms with Crippen LogP contribution in [0.5, 0.6) is 0 Å². The van der Waals surface area contributed by atoms with E-state index in [0.29, 0.717) is 10.1 Å². The molecular weight excluding hydrogens is 263 g/mol. The average molecular weight is 276 g/mol. The smallest absolute Gasteiger partial charge is 0.192 e. The minimum absolute atomic E-state index is 0.0928. The molecule has 0 radical (unpaired) electrons. The number of aromatic nitrogens is 2. The molecule has 19 heavy (non-hydrogen) atoms. The maximum absolute atomic E-state index is 13.7. The van der Waals surface area contributed by atoms with Gasteiger partial charge in [0.15, 0.2) is 10.9 Å². The summed E-state index contributed by atoms with van der Waals surface area (Å²) < 4.78 is 13.7. The largest absolute Gasteiger partial charge is 0.294 e. The van der Waals surface area contributed by atoms with Crippen LogP contribution in [0.3, 0.4) is 0 Å². The van der Waals surface area contributed by atoms with E-state index in [9.17, 15) is 9.18 Å². The molecule has 0 spiro atoms. The molecule has 0 aliphatic rings. The van der Waals surface area contributed by atoms with Gasteiger partial charge in [-0.3, -0.25) is 4.79 Å². The Balaban J connectivity index is 2.43. The van der Waals surface area contributed by atoms with E-state index in [4.69, 9.17) is 0 Å². The molecule has 0 aliphatic heterocycles. The maximum atomic E-state index is 13.7. The Morgan fingerprint density at radius 2 is 1.84 bits per heavy atom. The van der Waals surface area contributed by atoms with Crippen molar-refractivity contribution in [2.24, 2.45) is 0 Å². The van der Waals surface area contributed by atoms with Gasteiger partial charge in [0.1, 0.15) is 5.82 Å². The summed E-state index contributed by atoms with van der Waals surface area (Å²) in [5.41, 5.74) is 1.78. The molecular formula is C14H13FN2OS. The summed E-state index contributed by atoms with van der Waals surface area (Å²) in [5, 5.41) is 0.519. The van der Waals surface area contributed by atoms with E-state index in [1.807, 2.05) is 19.9 Å². The second-order valence-electron chi connectivity index (χ2n) is 4.20. The molecule has 1 aromatic carbocycles. The zero-order chi connectivity index (χ0) is 14.0. The van der Waals surface area contributed by atoms with E-state index in [1.54, 1.807) is 12.1 Å². The van der Waals surface area contributed by atoms with Crippen molar-refractivity contribution in [1.29, 1.82) is 0 Å². The molecule has 0 amide bonds. The molecule has 0 N–H and O–H groups in total. The zero-order valence-corrected chi connectivity index (χ0v) is 11.7. The number of carbonyl (C=O) groups is 1. The Morgan fingerprint density at radius 1 is 1.21 bits per heavy atom. The van der Waals surface area contributed by atoms with Crippen LogP contribution in [0.4, 0.5) is 4.39 Å². The Morgan fingerprint density at radius 3 is 2.42 bits per heavy atom. The average Bonchev–Trinajstić information content (AvgIpc) is 2.26. The van der Waals surface area contributed by atoms with Gasteiger partial charge in [-0.2, -0.15) is 0 Å². The van der Waals surface area contributed by atoms with Crippen LogP contribution in [-0.2, 0) is 0 Å². The molecule has 0 fully saturated rings. The van der Waals surface area contributed by atoms with Gasteiger partial charge in [0.25, 0.3) is 0 Å². The van der Waals surface area contributed by atoms with Gasteiger partial charge >= 0.3 is 0 Å². The molecule has 0 aliphatic carbocycles. The van der Waals surface area contributed by atoms with Gasteiger partial charge in [-0.25, -0.2) is 14.4 Å². The van der Waals surface area contributed by atoms with Gasteiger partial charge < -0.3 is 0 Å². The first-order valence-corrected chi connectivity index (χ1v) is 6.58. The number of hydrogen-bond acceptors (Lipinski definition) is 4. The molecule has 1 heterocycles. The van der Waals surface area contributed by atoms with Crippen LogP contribution < -0.4 is 0 Å². The normalized spacial score (nSPS) is 10.5. The highest BCUT2D eigenvalue weighted by molar-refractivity contribution is 7.99.